The molecule has 4 nitrogen and oxygen atoms in total. The molecule has 2 aliphatic heterocycles. The van der Waals surface area contributed by atoms with Crippen LogP contribution in [0.4, 0.5) is 0 Å². The molecule has 2 fully saturated rings. The first-order valence-electron chi connectivity index (χ1n) is 8.74. The van der Waals surface area contributed by atoms with Gasteiger partial charge in [0.1, 0.15) is 0 Å². The zero-order chi connectivity index (χ0) is 17.2. The molecule has 1 N–H and O–H groups in total. The van der Waals surface area contributed by atoms with E-state index in [1.54, 1.807) is 0 Å². The minimum Gasteiger partial charge on any atom is -0.381 e. The normalized spacial score (nSPS) is 24.8. The van der Waals surface area contributed by atoms with Crippen molar-refractivity contribution in [1.82, 2.24) is 10.2 Å². The highest BCUT2D eigenvalue weighted by Gasteiger charge is 2.42. The first-order valence-corrected chi connectivity index (χ1v) is 9.11. The summed E-state index contributed by atoms with van der Waals surface area (Å²) in [5.41, 5.74) is 1.63. The second-order valence-corrected chi connectivity index (χ2v) is 8.20. The topological polar surface area (TPSA) is 36.9 Å². The maximum Gasteiger partial charge on any atom is 0.193 e. The van der Waals surface area contributed by atoms with Gasteiger partial charge in [-0.15, -0.1) is 0 Å². The van der Waals surface area contributed by atoms with Crippen LogP contribution in [-0.4, -0.2) is 50.8 Å². The van der Waals surface area contributed by atoms with Crippen molar-refractivity contribution in [2.24, 2.45) is 10.4 Å². The Morgan fingerprint density at radius 1 is 1.33 bits per heavy atom. The van der Waals surface area contributed by atoms with Gasteiger partial charge in [-0.25, -0.2) is 0 Å². The van der Waals surface area contributed by atoms with E-state index in [-0.39, 0.29) is 5.41 Å². The van der Waals surface area contributed by atoms with E-state index in [4.69, 9.17) is 16.3 Å². The van der Waals surface area contributed by atoms with E-state index < -0.39 is 0 Å². The highest BCUT2D eigenvalue weighted by molar-refractivity contribution is 6.30. The van der Waals surface area contributed by atoms with Crippen LogP contribution >= 0.6 is 11.6 Å². The molecule has 132 valence electrons. The van der Waals surface area contributed by atoms with Crippen LogP contribution < -0.4 is 5.32 Å². The van der Waals surface area contributed by atoms with Crippen molar-refractivity contribution in [2.75, 3.05) is 39.9 Å². The predicted octanol–water partition coefficient (Wildman–Crippen LogP) is 3.31. The number of hydrogen-bond donors (Lipinski definition) is 1. The third-order valence-corrected chi connectivity index (χ3v) is 5.70. The first-order chi connectivity index (χ1) is 11.4. The van der Waals surface area contributed by atoms with Crippen LogP contribution in [0, 0.1) is 5.41 Å². The summed E-state index contributed by atoms with van der Waals surface area (Å²) in [6.45, 7) is 9.24. The van der Waals surface area contributed by atoms with E-state index in [0.717, 1.165) is 43.8 Å². The van der Waals surface area contributed by atoms with Gasteiger partial charge >= 0.3 is 0 Å². The number of likely N-dealkylation sites (tertiary alicyclic amines) is 1. The van der Waals surface area contributed by atoms with Gasteiger partial charge in [-0.2, -0.15) is 0 Å². The van der Waals surface area contributed by atoms with Crippen LogP contribution in [0.5, 0.6) is 0 Å². The van der Waals surface area contributed by atoms with E-state index in [1.807, 2.05) is 19.2 Å². The van der Waals surface area contributed by atoms with Crippen molar-refractivity contribution in [3.63, 3.8) is 0 Å². The lowest BCUT2D eigenvalue weighted by Crippen LogP contribution is -2.45. The van der Waals surface area contributed by atoms with Gasteiger partial charge < -0.3 is 15.0 Å². The summed E-state index contributed by atoms with van der Waals surface area (Å²) in [6, 6.07) is 8.12. The molecule has 24 heavy (non-hydrogen) atoms. The third-order valence-electron chi connectivity index (χ3n) is 5.45. The Bertz CT molecular complexity index is 591. The fraction of sp³-hybridized carbons (Fsp3) is 0.632. The fourth-order valence-electron chi connectivity index (χ4n) is 3.72. The second-order valence-electron chi connectivity index (χ2n) is 7.77. The van der Waals surface area contributed by atoms with Crippen LogP contribution in [0.15, 0.2) is 29.3 Å². The van der Waals surface area contributed by atoms with Gasteiger partial charge in [0.05, 0.1) is 6.61 Å². The number of hydrogen-bond acceptors (Lipinski definition) is 2. The average molecular weight is 350 g/mol. The second kappa shape index (κ2) is 6.93. The van der Waals surface area contributed by atoms with Crippen LogP contribution in [0.3, 0.4) is 0 Å². The molecule has 1 spiro atoms. The maximum atomic E-state index is 6.01. The maximum absolute atomic E-state index is 6.01. The molecular weight excluding hydrogens is 322 g/mol. The smallest absolute Gasteiger partial charge is 0.193 e. The number of ether oxygens (including phenoxy) is 1. The molecule has 0 aliphatic carbocycles. The summed E-state index contributed by atoms with van der Waals surface area (Å²) >= 11 is 6.01. The van der Waals surface area contributed by atoms with E-state index in [2.05, 4.69) is 41.2 Å². The van der Waals surface area contributed by atoms with E-state index in [0.29, 0.717) is 5.41 Å². The lowest BCUT2D eigenvalue weighted by atomic mass is 9.84. The fourth-order valence-corrected chi connectivity index (χ4v) is 3.85. The van der Waals surface area contributed by atoms with Crippen LogP contribution in [0.2, 0.25) is 5.02 Å². The number of guanidine groups is 1. The molecular formula is C19H28ClN3O. The molecule has 2 aliphatic rings. The Morgan fingerprint density at radius 2 is 2.08 bits per heavy atom. The van der Waals surface area contributed by atoms with Gasteiger partial charge in [0.25, 0.3) is 0 Å². The largest absolute Gasteiger partial charge is 0.381 e. The third kappa shape index (κ3) is 3.70. The first kappa shape index (κ1) is 17.6. The zero-order valence-corrected chi connectivity index (χ0v) is 15.7. The molecule has 2 saturated heterocycles. The number of aliphatic imine (C=N–C) groups is 1. The van der Waals surface area contributed by atoms with E-state index in [9.17, 15) is 0 Å². The molecule has 1 aromatic rings. The summed E-state index contributed by atoms with van der Waals surface area (Å²) in [6.07, 6.45) is 2.38. The zero-order valence-electron chi connectivity index (χ0n) is 14.9. The van der Waals surface area contributed by atoms with Gasteiger partial charge in [-0.05, 0) is 30.5 Å². The summed E-state index contributed by atoms with van der Waals surface area (Å²) in [5.74, 6) is 1.00. The van der Waals surface area contributed by atoms with Gasteiger partial charge in [0, 0.05) is 49.1 Å². The lowest BCUT2D eigenvalue weighted by Gasteiger charge is -2.30. The van der Waals surface area contributed by atoms with Crippen molar-refractivity contribution in [2.45, 2.75) is 32.1 Å². The minimum absolute atomic E-state index is 0.00834. The molecule has 1 unspecified atom stereocenters. The molecule has 0 aromatic heterocycles. The van der Waals surface area contributed by atoms with E-state index >= 15 is 0 Å². The molecule has 2 heterocycles. The number of nitrogens with one attached hydrogen (secondary N) is 1. The predicted molar refractivity (Wildman–Crippen MR) is 99.9 cm³/mol. The molecule has 0 saturated carbocycles. The molecule has 0 radical (unpaired) electrons. The van der Waals surface area contributed by atoms with Crippen molar-refractivity contribution < 1.29 is 4.74 Å². The number of nitrogens with zero attached hydrogens (tertiary/aromatic N) is 2. The van der Waals surface area contributed by atoms with Crippen LogP contribution in [0.25, 0.3) is 0 Å². The van der Waals surface area contributed by atoms with Crippen molar-refractivity contribution in [3.8, 4) is 0 Å². The average Bonchev–Trinajstić information content (AvgIpc) is 3.19. The molecule has 0 bridgehead atoms. The summed E-state index contributed by atoms with van der Waals surface area (Å²) in [7, 11) is 1.87. The molecule has 3 rings (SSSR count). The Morgan fingerprint density at radius 3 is 2.71 bits per heavy atom. The standard InChI is InChI=1S/C19H28ClN3O/c1-18(2,15-4-6-16(20)7-5-15)12-22-17(21-3)23-10-8-19(13-23)9-11-24-14-19/h4-7H,8-14H2,1-3H3,(H,21,22). The van der Waals surface area contributed by atoms with Crippen LogP contribution in [-0.2, 0) is 10.2 Å². The number of halogens is 1. The van der Waals surface area contributed by atoms with Gasteiger partial charge in [-0.3, -0.25) is 4.99 Å². The summed E-state index contributed by atoms with van der Waals surface area (Å²) in [4.78, 5) is 6.89. The van der Waals surface area contributed by atoms with Gasteiger partial charge in [0.15, 0.2) is 5.96 Å². The van der Waals surface area contributed by atoms with Crippen molar-refractivity contribution >= 4 is 17.6 Å². The highest BCUT2D eigenvalue weighted by Crippen LogP contribution is 2.38. The highest BCUT2D eigenvalue weighted by atomic mass is 35.5. The number of benzene rings is 1. The Labute approximate surface area is 150 Å². The van der Waals surface area contributed by atoms with Crippen LogP contribution in [0.1, 0.15) is 32.3 Å². The monoisotopic (exact) mass is 349 g/mol. The summed E-state index contributed by atoms with van der Waals surface area (Å²) in [5, 5.41) is 4.35. The van der Waals surface area contributed by atoms with Gasteiger partial charge in [-0.1, -0.05) is 37.6 Å². The van der Waals surface area contributed by atoms with Gasteiger partial charge in [0.2, 0.25) is 0 Å². The van der Waals surface area contributed by atoms with Crippen molar-refractivity contribution in [1.29, 1.82) is 0 Å². The molecule has 1 aromatic carbocycles. The molecule has 5 heteroatoms. The minimum atomic E-state index is 0.00834. The SMILES string of the molecule is CN=C(NCC(C)(C)c1ccc(Cl)cc1)N1CCC2(CCOC2)C1. The Balaban J connectivity index is 1.61. The quantitative estimate of drug-likeness (QED) is 0.672. The molecule has 0 amide bonds. The van der Waals surface area contributed by atoms with Crippen molar-refractivity contribution in [3.05, 3.63) is 34.9 Å². The van der Waals surface area contributed by atoms with E-state index in [1.165, 1.54) is 18.4 Å². The summed E-state index contributed by atoms with van der Waals surface area (Å²) < 4.78 is 5.63. The molecule has 1 atom stereocenters. The number of rotatable bonds is 3. The Kier molecular flexibility index (Phi) is 5.07. The Hall–Kier alpha value is -1.26. The lowest BCUT2D eigenvalue weighted by molar-refractivity contribution is 0.156.